The topological polar surface area (TPSA) is 227 Å². The van der Waals surface area contributed by atoms with Crippen molar-refractivity contribution in [3.8, 4) is 12.1 Å². The number of rotatable bonds is 8. The van der Waals surface area contributed by atoms with Crippen molar-refractivity contribution in [3.63, 3.8) is 0 Å². The fourth-order valence-corrected chi connectivity index (χ4v) is 4.03. The number of nitrogen functional groups attached to an aromatic ring is 4. The molecule has 65 heavy (non-hydrogen) atoms. The second-order valence-electron chi connectivity index (χ2n) is 11.8. The summed E-state index contributed by atoms with van der Waals surface area (Å²) in [6.07, 6.45) is 6.86. The van der Waals surface area contributed by atoms with Gasteiger partial charge in [-0.1, -0.05) is 12.1 Å². The maximum Gasteiger partial charge on any atom is 2.00 e. The Morgan fingerprint density at radius 2 is 0.554 bits per heavy atom. The van der Waals surface area contributed by atoms with Crippen molar-refractivity contribution >= 4 is 84.9 Å². The molecule has 0 unspecified atom stereocenters. The zero-order chi connectivity index (χ0) is 48.0. The summed E-state index contributed by atoms with van der Waals surface area (Å²) < 4.78 is 78.0. The molecule has 1 radical (unpaired) electrons. The minimum atomic E-state index is -6.00. The maximum atomic E-state index is 9.75. The molecule has 0 bridgehead atoms. The van der Waals surface area contributed by atoms with Gasteiger partial charge in [0.25, 0.3) is 0 Å². The number of halogens is 8. The van der Waals surface area contributed by atoms with Crippen molar-refractivity contribution in [1.82, 2.24) is 9.97 Å². The standard InChI is InChI=1S/2C19H17N5.2C2H3N.2BF4.Co/c2*20-14-4-8-16(9-5-14)22-12-18-2-1-3-19(24-18)13-23-17-10-6-15(21)7-11-17;2*1-2-3;2*2-1(3,4)5;/h2*1-13H,20-21H2;2*1H3;;;/q;;;;2*-1;+2. The van der Waals surface area contributed by atoms with Crippen LogP contribution in [0.15, 0.2) is 153 Å². The summed E-state index contributed by atoms with van der Waals surface area (Å²) in [6, 6.07) is 44.3. The molecular weight excluding hydrogens is 905 g/mol. The first-order chi connectivity index (χ1) is 30.2. The summed E-state index contributed by atoms with van der Waals surface area (Å²) >= 11 is 0. The van der Waals surface area contributed by atoms with Gasteiger partial charge in [-0.3, -0.25) is 20.0 Å². The average molecular weight is 945 g/mol. The van der Waals surface area contributed by atoms with Crippen LogP contribution in [0.3, 0.4) is 0 Å². The van der Waals surface area contributed by atoms with E-state index >= 15 is 0 Å². The van der Waals surface area contributed by atoms with Gasteiger partial charge in [-0.2, -0.15) is 10.5 Å². The number of hydrogen-bond donors (Lipinski definition) is 4. The van der Waals surface area contributed by atoms with Crippen LogP contribution in [0, 0.1) is 22.7 Å². The molecule has 0 saturated heterocycles. The van der Waals surface area contributed by atoms with Gasteiger partial charge in [0.05, 0.1) is 82.5 Å². The summed E-state index contributed by atoms with van der Waals surface area (Å²) in [5.74, 6) is 0. The Hall–Kier alpha value is -7.88. The molecule has 4 aromatic carbocycles. The predicted molar refractivity (Wildman–Crippen MR) is 244 cm³/mol. The van der Waals surface area contributed by atoms with Crippen LogP contribution >= 0.6 is 0 Å². The fraction of sp³-hybridized carbons (Fsp3) is 0.0476. The van der Waals surface area contributed by atoms with Crippen molar-refractivity contribution in [2.24, 2.45) is 20.0 Å². The van der Waals surface area contributed by atoms with E-state index < -0.39 is 14.5 Å². The third-order valence-electron chi connectivity index (χ3n) is 6.54. The monoisotopic (exact) mass is 945 g/mol. The molecule has 8 N–H and O–H groups in total. The van der Waals surface area contributed by atoms with Crippen LogP contribution in [0.4, 0.5) is 80.0 Å². The summed E-state index contributed by atoms with van der Waals surface area (Å²) in [4.78, 5) is 26.5. The van der Waals surface area contributed by atoms with E-state index in [1.807, 2.05) is 133 Å². The zero-order valence-electron chi connectivity index (χ0n) is 34.4. The minimum absolute atomic E-state index is 0. The molecular formula is C42H40B2CoF8N12. The first-order valence-electron chi connectivity index (χ1n) is 18.1. The van der Waals surface area contributed by atoms with Crippen molar-refractivity contribution in [1.29, 1.82) is 10.5 Å². The number of pyridine rings is 2. The number of anilines is 4. The van der Waals surface area contributed by atoms with Crippen LogP contribution in [0.1, 0.15) is 36.6 Å². The van der Waals surface area contributed by atoms with Gasteiger partial charge < -0.3 is 57.5 Å². The smallest absolute Gasteiger partial charge is 0.418 e. The van der Waals surface area contributed by atoms with Gasteiger partial charge in [-0.05, 0) is 121 Å². The van der Waals surface area contributed by atoms with Crippen LogP contribution in [-0.2, 0) is 16.8 Å². The Morgan fingerprint density at radius 3 is 0.708 bits per heavy atom. The molecule has 2 aromatic heterocycles. The fourth-order valence-electron chi connectivity index (χ4n) is 4.03. The van der Waals surface area contributed by atoms with Gasteiger partial charge in [0.15, 0.2) is 0 Å². The first-order valence-corrected chi connectivity index (χ1v) is 18.1. The Morgan fingerprint density at radius 1 is 0.400 bits per heavy atom. The number of hydrogen-bond acceptors (Lipinski definition) is 12. The number of aromatic nitrogens is 2. The SMILES string of the molecule is CC#N.CC#N.F[B-](F)(F)F.F[B-](F)(F)F.Nc1ccc(N=Cc2cccc(C=Nc3ccc(N)cc3)n2)cc1.Nc1ccc(N=Cc2cccc(C=Nc3ccc(N)cc3)n2)cc1.[Co+2]. The van der Waals surface area contributed by atoms with E-state index in [1.54, 1.807) is 37.0 Å². The summed E-state index contributed by atoms with van der Waals surface area (Å²) in [7, 11) is -12.0. The number of nitriles is 2. The molecule has 0 aliphatic carbocycles. The molecule has 0 amide bonds. The molecule has 0 spiro atoms. The predicted octanol–water partition coefficient (Wildman–Crippen LogP) is 11.2. The number of nitrogens with two attached hydrogens (primary N) is 4. The van der Waals surface area contributed by atoms with Crippen LogP contribution in [0.5, 0.6) is 0 Å². The van der Waals surface area contributed by atoms with Crippen LogP contribution in [0.2, 0.25) is 0 Å². The van der Waals surface area contributed by atoms with Crippen molar-refractivity contribution in [2.75, 3.05) is 22.9 Å². The molecule has 12 nitrogen and oxygen atoms in total. The van der Waals surface area contributed by atoms with E-state index in [4.69, 9.17) is 33.5 Å². The second kappa shape index (κ2) is 31.0. The van der Waals surface area contributed by atoms with Crippen LogP contribution < -0.4 is 22.9 Å². The molecule has 6 aromatic rings. The molecule has 2 heterocycles. The Balaban J connectivity index is 0.000000938. The maximum absolute atomic E-state index is 9.75. The minimum Gasteiger partial charge on any atom is -0.418 e. The van der Waals surface area contributed by atoms with Gasteiger partial charge in [-0.15, -0.1) is 0 Å². The van der Waals surface area contributed by atoms with E-state index in [0.717, 1.165) is 45.5 Å². The van der Waals surface area contributed by atoms with Gasteiger partial charge in [-0.25, -0.2) is 9.97 Å². The number of benzene rings is 4. The first kappa shape index (κ1) is 57.1. The number of nitrogens with zero attached hydrogens (tertiary/aromatic N) is 8. The molecule has 0 aliphatic heterocycles. The summed E-state index contributed by atoms with van der Waals surface area (Å²) in [5.41, 5.74) is 31.8. The molecule has 0 saturated carbocycles. The van der Waals surface area contributed by atoms with Crippen LogP contribution in [0.25, 0.3) is 0 Å². The Labute approximate surface area is 380 Å². The summed E-state index contributed by atoms with van der Waals surface area (Å²) in [5, 5.41) is 14.6. The largest absolute Gasteiger partial charge is 2.00 e. The third kappa shape index (κ3) is 31.6. The van der Waals surface area contributed by atoms with Crippen molar-refractivity contribution in [3.05, 3.63) is 156 Å². The van der Waals surface area contributed by atoms with E-state index in [1.165, 1.54) is 13.8 Å². The van der Waals surface area contributed by atoms with E-state index in [2.05, 4.69) is 29.9 Å². The molecule has 339 valence electrons. The van der Waals surface area contributed by atoms with E-state index in [-0.39, 0.29) is 16.8 Å². The van der Waals surface area contributed by atoms with Gasteiger partial charge in [0, 0.05) is 36.6 Å². The number of aliphatic imine (C=N–C) groups is 4. The Kier molecular flexibility index (Phi) is 27.3. The van der Waals surface area contributed by atoms with Gasteiger partial charge in [0.1, 0.15) is 0 Å². The Bertz CT molecular complexity index is 2150. The normalized spacial score (nSPS) is 10.5. The molecule has 23 heteroatoms. The molecule has 6 rings (SSSR count). The average Bonchev–Trinajstić information content (AvgIpc) is 3.23. The zero-order valence-corrected chi connectivity index (χ0v) is 35.5. The van der Waals surface area contributed by atoms with Gasteiger partial charge in [0.2, 0.25) is 0 Å². The quantitative estimate of drug-likeness (QED) is 0.0495. The second-order valence-corrected chi connectivity index (χ2v) is 11.8. The van der Waals surface area contributed by atoms with E-state index in [9.17, 15) is 34.5 Å². The van der Waals surface area contributed by atoms with Crippen molar-refractivity contribution in [2.45, 2.75) is 13.8 Å². The molecule has 0 aliphatic rings. The molecule has 0 fully saturated rings. The van der Waals surface area contributed by atoms with Gasteiger partial charge >= 0.3 is 31.3 Å². The molecule has 0 atom stereocenters. The van der Waals surface area contributed by atoms with Crippen molar-refractivity contribution < 1.29 is 51.3 Å². The van der Waals surface area contributed by atoms with Crippen LogP contribution in [-0.4, -0.2) is 49.3 Å². The van der Waals surface area contributed by atoms with E-state index in [0.29, 0.717) is 22.7 Å². The third-order valence-corrected chi connectivity index (χ3v) is 6.54. The summed E-state index contributed by atoms with van der Waals surface area (Å²) in [6.45, 7) is 2.86.